The molecule has 8 heteroatoms. The second-order valence-electron chi connectivity index (χ2n) is 3.75. The molecule has 6 nitrogen and oxygen atoms in total. The number of nitrogens with one attached hydrogen (secondary N) is 1. The smallest absolute Gasteiger partial charge is 0.330 e. The summed E-state index contributed by atoms with van der Waals surface area (Å²) in [5.41, 5.74) is -1.88. The number of hydrogen-bond donors (Lipinski definition) is 2. The lowest BCUT2D eigenvalue weighted by Crippen LogP contribution is -2.36. The van der Waals surface area contributed by atoms with Crippen molar-refractivity contribution in [3.63, 3.8) is 0 Å². The molecule has 1 saturated heterocycles. The number of H-pyrrole nitrogens is 1. The molecular formula is C9H10FIN2O4. The number of aromatic amines is 1. The fourth-order valence-electron chi connectivity index (χ4n) is 1.73. The van der Waals surface area contributed by atoms with Crippen molar-refractivity contribution >= 4 is 22.6 Å². The molecule has 0 amide bonds. The molecule has 2 N–H and O–H groups in total. The number of halogens is 2. The maximum atomic E-state index is 13.1. The van der Waals surface area contributed by atoms with Gasteiger partial charge in [0.25, 0.3) is 5.56 Å². The lowest BCUT2D eigenvalue weighted by atomic mass is 10.2. The first-order valence-electron chi connectivity index (χ1n) is 4.93. The summed E-state index contributed by atoms with van der Waals surface area (Å²) < 4.78 is 20.0. The van der Waals surface area contributed by atoms with E-state index >= 15 is 0 Å². The normalized spacial score (nSPS) is 28.5. The number of nitrogens with zero attached hydrogens (tertiary/aromatic N) is 1. The fraction of sp³-hybridized carbons (Fsp3) is 0.556. The molecule has 1 aromatic heterocycles. The van der Waals surface area contributed by atoms with Crippen LogP contribution in [0.5, 0.6) is 0 Å². The van der Waals surface area contributed by atoms with Crippen LogP contribution < -0.4 is 11.2 Å². The average Bonchev–Trinajstić information content (AvgIpc) is 2.65. The molecule has 2 rings (SSSR count). The molecule has 0 aromatic carbocycles. The number of aliphatic hydroxyl groups is 1. The first-order valence-corrected chi connectivity index (χ1v) is 6.46. The van der Waals surface area contributed by atoms with Gasteiger partial charge in [-0.25, -0.2) is 4.79 Å². The van der Waals surface area contributed by atoms with Crippen LogP contribution in [0.3, 0.4) is 0 Å². The van der Waals surface area contributed by atoms with Crippen LogP contribution in [-0.4, -0.2) is 31.3 Å². The number of aliphatic hydroxyl groups excluding tert-OH is 1. The molecule has 0 saturated carbocycles. The van der Waals surface area contributed by atoms with Crippen LogP contribution in [0.2, 0.25) is 0 Å². The highest BCUT2D eigenvalue weighted by atomic mass is 127. The van der Waals surface area contributed by atoms with E-state index in [1.54, 1.807) is 0 Å². The predicted molar refractivity (Wildman–Crippen MR) is 64.7 cm³/mol. The van der Waals surface area contributed by atoms with E-state index in [1.807, 2.05) is 4.98 Å². The summed E-state index contributed by atoms with van der Waals surface area (Å²) in [6.45, 7) is 0. The Kier molecular flexibility index (Phi) is 3.64. The van der Waals surface area contributed by atoms with Gasteiger partial charge in [0, 0.05) is 10.8 Å². The van der Waals surface area contributed by atoms with E-state index in [-0.39, 0.29) is 6.10 Å². The fourth-order valence-corrected chi connectivity index (χ4v) is 2.30. The van der Waals surface area contributed by atoms with Gasteiger partial charge in [0.15, 0.2) is 6.23 Å². The van der Waals surface area contributed by atoms with Crippen LogP contribution in [0.1, 0.15) is 12.6 Å². The van der Waals surface area contributed by atoms with Crippen molar-refractivity contribution in [1.29, 1.82) is 0 Å². The van der Waals surface area contributed by atoms with Crippen LogP contribution >= 0.6 is 22.6 Å². The van der Waals surface area contributed by atoms with Gasteiger partial charge in [0.1, 0.15) is 6.10 Å². The molecule has 2 heterocycles. The molecule has 17 heavy (non-hydrogen) atoms. The highest BCUT2D eigenvalue weighted by Crippen LogP contribution is 2.28. The van der Waals surface area contributed by atoms with Gasteiger partial charge in [0.05, 0.1) is 12.3 Å². The lowest BCUT2D eigenvalue weighted by molar-refractivity contribution is -0.0335. The molecule has 1 aliphatic heterocycles. The molecule has 0 aliphatic carbocycles. The summed E-state index contributed by atoms with van der Waals surface area (Å²) in [7, 11) is 0. The van der Waals surface area contributed by atoms with E-state index in [9.17, 15) is 19.1 Å². The topological polar surface area (TPSA) is 84.3 Å². The van der Waals surface area contributed by atoms with E-state index < -0.39 is 29.4 Å². The first-order chi connectivity index (χ1) is 8.02. The molecule has 0 bridgehead atoms. The number of aromatic nitrogens is 2. The minimum atomic E-state index is -1.08. The summed E-state index contributed by atoms with van der Waals surface area (Å²) >= 11 is 2.09. The van der Waals surface area contributed by atoms with Gasteiger partial charge in [-0.2, -0.15) is 4.39 Å². The van der Waals surface area contributed by atoms with E-state index in [2.05, 4.69) is 22.6 Å². The molecule has 1 fully saturated rings. The molecule has 94 valence electrons. The van der Waals surface area contributed by atoms with Gasteiger partial charge in [-0.3, -0.25) is 14.3 Å². The predicted octanol–water partition coefficient (Wildman–Crippen LogP) is -0.241. The van der Waals surface area contributed by atoms with Crippen molar-refractivity contribution in [3.8, 4) is 0 Å². The van der Waals surface area contributed by atoms with Gasteiger partial charge < -0.3 is 9.84 Å². The Labute approximate surface area is 109 Å². The number of hydrogen-bond acceptors (Lipinski definition) is 4. The Balaban J connectivity index is 2.38. The Hall–Kier alpha value is -0.740. The summed E-state index contributed by atoms with van der Waals surface area (Å²) in [5.74, 6) is -1.08. The first kappa shape index (κ1) is 12.7. The van der Waals surface area contributed by atoms with Gasteiger partial charge in [-0.05, 0) is 0 Å². The van der Waals surface area contributed by atoms with E-state index in [0.717, 1.165) is 10.8 Å². The minimum Gasteiger partial charge on any atom is -0.388 e. The van der Waals surface area contributed by atoms with Crippen LogP contribution in [0.15, 0.2) is 15.8 Å². The van der Waals surface area contributed by atoms with Crippen LogP contribution in [0.25, 0.3) is 0 Å². The SMILES string of the molecule is O=c1[nH]c(=O)n([C@@H]2OC(CI)CC2O)cc1F. The number of ether oxygens (including phenoxy) is 1. The van der Waals surface area contributed by atoms with E-state index in [4.69, 9.17) is 4.74 Å². The zero-order valence-corrected chi connectivity index (χ0v) is 10.8. The van der Waals surface area contributed by atoms with Gasteiger partial charge in [-0.1, -0.05) is 22.6 Å². The van der Waals surface area contributed by atoms with Crippen LogP contribution in [0, 0.1) is 5.82 Å². The van der Waals surface area contributed by atoms with Crippen molar-refractivity contribution in [2.45, 2.75) is 24.9 Å². The van der Waals surface area contributed by atoms with Crippen molar-refractivity contribution in [2.24, 2.45) is 0 Å². The molecule has 2 unspecified atom stereocenters. The monoisotopic (exact) mass is 356 g/mol. The average molecular weight is 356 g/mol. The Morgan fingerprint density at radius 2 is 2.35 bits per heavy atom. The zero-order valence-electron chi connectivity index (χ0n) is 8.60. The second kappa shape index (κ2) is 4.86. The molecular weight excluding hydrogens is 346 g/mol. The Morgan fingerprint density at radius 3 is 2.94 bits per heavy atom. The second-order valence-corrected chi connectivity index (χ2v) is 4.63. The quantitative estimate of drug-likeness (QED) is 0.566. The molecule has 0 radical (unpaired) electrons. The summed E-state index contributed by atoms with van der Waals surface area (Å²) in [4.78, 5) is 24.1. The molecule has 0 spiro atoms. The zero-order chi connectivity index (χ0) is 12.6. The van der Waals surface area contributed by atoms with Gasteiger partial charge in [0.2, 0.25) is 5.82 Å². The third-order valence-electron chi connectivity index (χ3n) is 2.54. The van der Waals surface area contributed by atoms with Crippen molar-refractivity contribution in [3.05, 3.63) is 32.9 Å². The minimum absolute atomic E-state index is 0.183. The summed E-state index contributed by atoms with van der Waals surface area (Å²) in [6, 6.07) is 0. The Bertz CT molecular complexity index is 528. The van der Waals surface area contributed by atoms with Crippen LogP contribution in [-0.2, 0) is 4.74 Å². The Morgan fingerprint density at radius 1 is 1.65 bits per heavy atom. The van der Waals surface area contributed by atoms with Crippen LogP contribution in [0.4, 0.5) is 4.39 Å². The maximum absolute atomic E-state index is 13.1. The van der Waals surface area contributed by atoms with Gasteiger partial charge in [-0.15, -0.1) is 0 Å². The standard InChI is InChI=1S/C9H10FIN2O4/c10-5-3-13(9(16)12-7(5)15)8-6(14)1-4(2-11)17-8/h3-4,6,8,14H,1-2H2,(H,12,15,16)/t4?,6?,8-/m1/s1. The maximum Gasteiger partial charge on any atom is 0.330 e. The summed E-state index contributed by atoms with van der Waals surface area (Å²) in [5, 5.41) is 9.73. The van der Waals surface area contributed by atoms with E-state index in [1.165, 1.54) is 0 Å². The van der Waals surface area contributed by atoms with Crippen molar-refractivity contribution < 1.29 is 14.2 Å². The highest BCUT2D eigenvalue weighted by molar-refractivity contribution is 14.1. The molecule has 1 aliphatic rings. The van der Waals surface area contributed by atoms with E-state index in [0.29, 0.717) is 10.8 Å². The highest BCUT2D eigenvalue weighted by Gasteiger charge is 2.35. The summed E-state index contributed by atoms with van der Waals surface area (Å²) in [6.07, 6.45) is -0.894. The largest absolute Gasteiger partial charge is 0.388 e. The van der Waals surface area contributed by atoms with Crippen molar-refractivity contribution in [1.82, 2.24) is 9.55 Å². The lowest BCUT2D eigenvalue weighted by Gasteiger charge is -2.16. The molecule has 3 atom stereocenters. The third-order valence-corrected chi connectivity index (χ3v) is 3.52. The van der Waals surface area contributed by atoms with Gasteiger partial charge >= 0.3 is 5.69 Å². The number of alkyl halides is 1. The van der Waals surface area contributed by atoms with Crippen molar-refractivity contribution in [2.75, 3.05) is 4.43 Å². The molecule has 1 aromatic rings. The number of rotatable bonds is 2. The third kappa shape index (κ3) is 2.43.